The molecule has 3 heterocycles. The summed E-state index contributed by atoms with van der Waals surface area (Å²) in [5.41, 5.74) is 1.63. The van der Waals surface area contributed by atoms with E-state index in [1.165, 1.54) is 11.8 Å². The zero-order valence-electron chi connectivity index (χ0n) is 18.4. The fraction of sp³-hybridized carbons (Fsp3) is 0.208. The van der Waals surface area contributed by atoms with E-state index in [9.17, 15) is 4.79 Å². The van der Waals surface area contributed by atoms with E-state index >= 15 is 0 Å². The van der Waals surface area contributed by atoms with Crippen LogP contribution >= 0.6 is 11.8 Å². The Morgan fingerprint density at radius 1 is 1.12 bits per heavy atom. The topological polar surface area (TPSA) is 101 Å². The quantitative estimate of drug-likeness (QED) is 0.349. The number of anilines is 1. The number of nitrogens with one attached hydrogen (secondary N) is 1. The third-order valence-electron chi connectivity index (χ3n) is 5.07. The van der Waals surface area contributed by atoms with E-state index in [1.807, 2.05) is 54.0 Å². The molecule has 0 bridgehead atoms. The molecule has 1 aliphatic heterocycles. The highest BCUT2D eigenvalue weighted by atomic mass is 32.2. The predicted molar refractivity (Wildman–Crippen MR) is 126 cm³/mol. The molecule has 5 rings (SSSR count). The van der Waals surface area contributed by atoms with Crippen LogP contribution in [0, 0.1) is 0 Å². The summed E-state index contributed by atoms with van der Waals surface area (Å²) in [7, 11) is 0. The predicted octanol–water partition coefficient (Wildman–Crippen LogP) is 4.60. The Morgan fingerprint density at radius 3 is 2.88 bits per heavy atom. The number of thioether (sulfide) groups is 1. The van der Waals surface area contributed by atoms with Crippen molar-refractivity contribution in [3.63, 3.8) is 0 Å². The van der Waals surface area contributed by atoms with Crippen molar-refractivity contribution in [1.82, 2.24) is 14.8 Å². The van der Waals surface area contributed by atoms with Gasteiger partial charge in [0.1, 0.15) is 12.4 Å². The molecule has 0 saturated carbocycles. The van der Waals surface area contributed by atoms with Gasteiger partial charge in [0.15, 0.2) is 28.2 Å². The number of hydrogen-bond donors (Lipinski definition) is 1. The summed E-state index contributed by atoms with van der Waals surface area (Å²) in [6.45, 7) is 3.24. The maximum absolute atomic E-state index is 12.6. The van der Waals surface area contributed by atoms with Crippen molar-refractivity contribution in [3.8, 4) is 28.8 Å². The third-order valence-corrected chi connectivity index (χ3v) is 6.03. The summed E-state index contributed by atoms with van der Waals surface area (Å²) < 4.78 is 23.9. The van der Waals surface area contributed by atoms with Crippen molar-refractivity contribution in [2.75, 3.05) is 17.9 Å². The van der Waals surface area contributed by atoms with Crippen LogP contribution in [-0.4, -0.2) is 33.2 Å². The average molecular weight is 479 g/mol. The Bertz CT molecular complexity index is 1290. The first-order chi connectivity index (χ1) is 16.7. The number of benzene rings is 2. The van der Waals surface area contributed by atoms with Gasteiger partial charge in [0, 0.05) is 18.3 Å². The standard InChI is InChI=1S/C24H22N4O5S/c1-2-28-23(20-7-4-10-30-20)26-27-24(28)34-14-22(29)25-17-6-3-5-16(11-17)13-31-18-8-9-19-21(12-18)33-15-32-19/h3-12H,2,13-15H2,1H3,(H,25,29). The lowest BCUT2D eigenvalue weighted by atomic mass is 10.2. The maximum atomic E-state index is 12.6. The van der Waals surface area contributed by atoms with E-state index in [0.29, 0.717) is 52.8 Å². The van der Waals surface area contributed by atoms with E-state index in [4.69, 9.17) is 18.6 Å². The fourth-order valence-corrected chi connectivity index (χ4v) is 4.27. The molecule has 1 amide bonds. The second-order valence-corrected chi connectivity index (χ2v) is 8.31. The number of rotatable bonds is 9. The molecule has 2 aromatic heterocycles. The number of carbonyl (C=O) groups excluding carboxylic acids is 1. The molecule has 34 heavy (non-hydrogen) atoms. The summed E-state index contributed by atoms with van der Waals surface area (Å²) in [6.07, 6.45) is 1.60. The maximum Gasteiger partial charge on any atom is 0.234 e. The van der Waals surface area contributed by atoms with E-state index in [0.717, 1.165) is 5.56 Å². The molecule has 9 nitrogen and oxygen atoms in total. The molecule has 10 heteroatoms. The zero-order chi connectivity index (χ0) is 23.3. The van der Waals surface area contributed by atoms with Crippen LogP contribution in [0.3, 0.4) is 0 Å². The van der Waals surface area contributed by atoms with E-state index in [-0.39, 0.29) is 18.5 Å². The molecule has 2 aromatic carbocycles. The van der Waals surface area contributed by atoms with Crippen LogP contribution in [0.25, 0.3) is 11.6 Å². The van der Waals surface area contributed by atoms with Gasteiger partial charge in [0.05, 0.1) is 12.0 Å². The van der Waals surface area contributed by atoms with Crippen LogP contribution in [0.4, 0.5) is 5.69 Å². The van der Waals surface area contributed by atoms with Crippen LogP contribution in [0.2, 0.25) is 0 Å². The van der Waals surface area contributed by atoms with Gasteiger partial charge in [-0.15, -0.1) is 10.2 Å². The van der Waals surface area contributed by atoms with Gasteiger partial charge in [-0.1, -0.05) is 23.9 Å². The van der Waals surface area contributed by atoms with Crippen molar-refractivity contribution < 1.29 is 23.4 Å². The number of fused-ring (bicyclic) bond motifs is 1. The number of aromatic nitrogens is 3. The average Bonchev–Trinajstić information content (AvgIpc) is 3.61. The van der Waals surface area contributed by atoms with Gasteiger partial charge in [-0.3, -0.25) is 9.36 Å². The Morgan fingerprint density at radius 2 is 2.03 bits per heavy atom. The number of hydrogen-bond acceptors (Lipinski definition) is 8. The molecule has 1 aliphatic rings. The minimum absolute atomic E-state index is 0.135. The first-order valence-electron chi connectivity index (χ1n) is 10.7. The lowest BCUT2D eigenvalue weighted by Gasteiger charge is -2.10. The molecule has 0 saturated heterocycles. The lowest BCUT2D eigenvalue weighted by molar-refractivity contribution is -0.113. The van der Waals surface area contributed by atoms with Crippen molar-refractivity contribution in [1.29, 1.82) is 0 Å². The van der Waals surface area contributed by atoms with Gasteiger partial charge < -0.3 is 23.9 Å². The van der Waals surface area contributed by atoms with E-state index in [2.05, 4.69) is 15.5 Å². The van der Waals surface area contributed by atoms with E-state index < -0.39 is 0 Å². The van der Waals surface area contributed by atoms with Crippen LogP contribution in [0.1, 0.15) is 12.5 Å². The zero-order valence-corrected chi connectivity index (χ0v) is 19.2. The first kappa shape index (κ1) is 21.9. The number of furan rings is 1. The molecular formula is C24H22N4O5S. The van der Waals surface area contributed by atoms with Crippen LogP contribution in [-0.2, 0) is 17.9 Å². The Hall–Kier alpha value is -3.92. The third kappa shape index (κ3) is 4.86. The van der Waals surface area contributed by atoms with Crippen LogP contribution in [0.15, 0.2) is 70.4 Å². The number of nitrogens with zero attached hydrogens (tertiary/aromatic N) is 3. The number of amides is 1. The first-order valence-corrected chi connectivity index (χ1v) is 11.7. The summed E-state index contributed by atoms with van der Waals surface area (Å²) in [5, 5.41) is 12.0. The molecule has 0 radical (unpaired) electrons. The second-order valence-electron chi connectivity index (χ2n) is 7.37. The minimum Gasteiger partial charge on any atom is -0.489 e. The molecule has 0 fully saturated rings. The Balaban J connectivity index is 1.16. The molecule has 0 spiro atoms. The SMILES string of the molecule is CCn1c(SCC(=O)Nc2cccc(COc3ccc4c(c3)OCO4)c2)nnc1-c1ccco1. The molecular weight excluding hydrogens is 456 g/mol. The monoisotopic (exact) mass is 478 g/mol. The molecule has 4 aromatic rings. The van der Waals surface area contributed by atoms with Gasteiger partial charge >= 0.3 is 0 Å². The molecule has 0 aliphatic carbocycles. The molecule has 0 unspecified atom stereocenters. The molecule has 0 atom stereocenters. The van der Waals surface area contributed by atoms with Gasteiger partial charge in [0.25, 0.3) is 0 Å². The van der Waals surface area contributed by atoms with Gasteiger partial charge in [0.2, 0.25) is 12.7 Å². The highest BCUT2D eigenvalue weighted by molar-refractivity contribution is 7.99. The Kier molecular flexibility index (Phi) is 6.39. The second kappa shape index (κ2) is 9.92. The van der Waals surface area contributed by atoms with Crippen LogP contribution in [0.5, 0.6) is 17.2 Å². The summed E-state index contributed by atoms with van der Waals surface area (Å²) >= 11 is 1.33. The largest absolute Gasteiger partial charge is 0.489 e. The van der Waals surface area contributed by atoms with Crippen molar-refractivity contribution in [2.24, 2.45) is 0 Å². The molecule has 1 N–H and O–H groups in total. The summed E-state index contributed by atoms with van der Waals surface area (Å²) in [6, 6.07) is 16.7. The normalized spacial score (nSPS) is 12.0. The van der Waals surface area contributed by atoms with Gasteiger partial charge in [-0.25, -0.2) is 0 Å². The van der Waals surface area contributed by atoms with Crippen molar-refractivity contribution in [3.05, 3.63) is 66.4 Å². The van der Waals surface area contributed by atoms with Gasteiger partial charge in [-0.05, 0) is 48.9 Å². The number of ether oxygens (including phenoxy) is 3. The fourth-order valence-electron chi connectivity index (χ4n) is 3.47. The minimum atomic E-state index is -0.135. The number of carbonyl (C=O) groups is 1. The van der Waals surface area contributed by atoms with E-state index in [1.54, 1.807) is 18.4 Å². The highest BCUT2D eigenvalue weighted by Gasteiger charge is 2.17. The van der Waals surface area contributed by atoms with Gasteiger partial charge in [-0.2, -0.15) is 0 Å². The van der Waals surface area contributed by atoms with Crippen LogP contribution < -0.4 is 19.5 Å². The lowest BCUT2D eigenvalue weighted by Crippen LogP contribution is -2.15. The summed E-state index contributed by atoms with van der Waals surface area (Å²) in [4.78, 5) is 12.6. The smallest absolute Gasteiger partial charge is 0.234 e. The van der Waals surface area contributed by atoms with Crippen molar-refractivity contribution >= 4 is 23.4 Å². The Labute approximate surface area is 200 Å². The van der Waals surface area contributed by atoms with Crippen molar-refractivity contribution in [2.45, 2.75) is 25.2 Å². The molecule has 174 valence electrons. The summed E-state index contributed by atoms with van der Waals surface area (Å²) in [5.74, 6) is 3.42. The highest BCUT2D eigenvalue weighted by Crippen LogP contribution is 2.35.